The summed E-state index contributed by atoms with van der Waals surface area (Å²) in [4.78, 5) is 51.9. The van der Waals surface area contributed by atoms with E-state index in [0.29, 0.717) is 13.1 Å². The molecule has 2 aromatic rings. The van der Waals surface area contributed by atoms with Gasteiger partial charge in [0, 0.05) is 25.7 Å². The lowest BCUT2D eigenvalue weighted by molar-refractivity contribution is -0.143. The van der Waals surface area contributed by atoms with Crippen LogP contribution in [0.2, 0.25) is 0 Å². The number of piperazine rings is 1. The number of amides is 2. The Morgan fingerprint density at radius 2 is 1.76 bits per heavy atom. The molecule has 9 nitrogen and oxygen atoms in total. The minimum absolute atomic E-state index is 0.0451. The Balaban J connectivity index is 1.56. The number of carbonyl (C=O) groups excluding carboxylic acids is 3. The average Bonchev–Trinajstić information content (AvgIpc) is 2.83. The third kappa shape index (κ3) is 7.51. The zero-order valence-electron chi connectivity index (χ0n) is 20.3. The van der Waals surface area contributed by atoms with Crippen molar-refractivity contribution < 1.29 is 46.6 Å². The van der Waals surface area contributed by atoms with Crippen LogP contribution in [0.4, 0.5) is 17.6 Å². The summed E-state index contributed by atoms with van der Waals surface area (Å²) in [6.07, 6.45) is -0.908. The van der Waals surface area contributed by atoms with Crippen LogP contribution in [0.1, 0.15) is 17.5 Å². The van der Waals surface area contributed by atoms with E-state index in [2.05, 4.69) is 10.1 Å². The van der Waals surface area contributed by atoms with Gasteiger partial charge in [-0.25, -0.2) is 8.78 Å². The lowest BCUT2D eigenvalue weighted by Gasteiger charge is -2.34. The number of nitrogens with one attached hydrogen (secondary N) is 1. The fourth-order valence-electron chi connectivity index (χ4n) is 3.88. The number of carbonyl (C=O) groups is 4. The maximum Gasteiger partial charge on any atom is 0.305 e. The Morgan fingerprint density at radius 1 is 1.08 bits per heavy atom. The summed E-state index contributed by atoms with van der Waals surface area (Å²) in [5.74, 6) is -12.6. The van der Waals surface area contributed by atoms with Gasteiger partial charge in [-0.15, -0.1) is 0 Å². The summed E-state index contributed by atoms with van der Waals surface area (Å²) in [5, 5.41) is 11.3. The van der Waals surface area contributed by atoms with E-state index in [1.54, 1.807) is 0 Å². The first-order chi connectivity index (χ1) is 17.9. The molecular weight excluding hydrogens is 514 g/mol. The predicted octanol–water partition coefficient (Wildman–Crippen LogP) is 1.80. The minimum atomic E-state index is -1.88. The maximum absolute atomic E-state index is 13.8. The number of Topliss-reactive ketones (excluding diaryl/α,β-unsaturated/α-hetero) is 1. The summed E-state index contributed by atoms with van der Waals surface area (Å²) in [6, 6.07) is 6.07. The minimum Gasteiger partial charge on any atom is -0.481 e. The van der Waals surface area contributed by atoms with E-state index in [9.17, 15) is 36.7 Å². The molecule has 38 heavy (non-hydrogen) atoms. The van der Waals surface area contributed by atoms with Crippen molar-refractivity contribution in [2.45, 2.75) is 25.9 Å². The molecule has 0 radical (unpaired) electrons. The average molecular weight is 539 g/mol. The lowest BCUT2D eigenvalue weighted by atomic mass is 10.1. The monoisotopic (exact) mass is 539 g/mol. The van der Waals surface area contributed by atoms with Gasteiger partial charge < -0.3 is 20.1 Å². The van der Waals surface area contributed by atoms with E-state index in [-0.39, 0.29) is 25.1 Å². The zero-order chi connectivity index (χ0) is 28.0. The van der Waals surface area contributed by atoms with E-state index in [4.69, 9.17) is 5.11 Å². The quantitative estimate of drug-likeness (QED) is 0.331. The number of aryl methyl sites for hydroxylation is 1. The van der Waals surface area contributed by atoms with E-state index in [0.717, 1.165) is 11.1 Å². The molecule has 2 aromatic carbocycles. The number of aliphatic carboxylic acids is 1. The second-order valence-electron chi connectivity index (χ2n) is 8.79. The van der Waals surface area contributed by atoms with Crippen LogP contribution in [-0.4, -0.2) is 77.3 Å². The molecule has 0 saturated carbocycles. The Labute approximate surface area is 215 Å². The van der Waals surface area contributed by atoms with Gasteiger partial charge in [0.25, 0.3) is 0 Å². The van der Waals surface area contributed by atoms with Crippen LogP contribution in [0.3, 0.4) is 0 Å². The van der Waals surface area contributed by atoms with Gasteiger partial charge in [-0.1, -0.05) is 29.8 Å². The number of halogens is 4. The van der Waals surface area contributed by atoms with Crippen LogP contribution >= 0.6 is 0 Å². The normalized spacial score (nSPS) is 14.8. The summed E-state index contributed by atoms with van der Waals surface area (Å²) in [5.41, 5.74) is 2.11. The van der Waals surface area contributed by atoms with E-state index < -0.39 is 72.3 Å². The molecule has 1 heterocycles. The number of carboxylic acids is 1. The van der Waals surface area contributed by atoms with Gasteiger partial charge in [0.1, 0.15) is 12.6 Å². The second-order valence-corrected chi connectivity index (χ2v) is 8.79. The lowest BCUT2D eigenvalue weighted by Crippen LogP contribution is -2.54. The van der Waals surface area contributed by atoms with Crippen molar-refractivity contribution in [1.29, 1.82) is 0 Å². The molecule has 2 N–H and O–H groups in total. The number of ketones is 1. The third-order valence-electron chi connectivity index (χ3n) is 5.75. The molecule has 0 bridgehead atoms. The molecule has 0 spiro atoms. The Bertz CT molecular complexity index is 1220. The first kappa shape index (κ1) is 28.6. The van der Waals surface area contributed by atoms with Crippen molar-refractivity contribution >= 4 is 23.6 Å². The zero-order valence-corrected chi connectivity index (χ0v) is 20.3. The van der Waals surface area contributed by atoms with Crippen LogP contribution in [-0.2, 0) is 25.7 Å². The van der Waals surface area contributed by atoms with Gasteiger partial charge >= 0.3 is 5.97 Å². The Morgan fingerprint density at radius 3 is 2.37 bits per heavy atom. The van der Waals surface area contributed by atoms with Crippen LogP contribution < -0.4 is 10.1 Å². The van der Waals surface area contributed by atoms with Crippen LogP contribution in [0, 0.1) is 30.2 Å². The molecule has 204 valence electrons. The number of hydrogen-bond acceptors (Lipinski definition) is 6. The molecule has 13 heteroatoms. The van der Waals surface area contributed by atoms with Crippen molar-refractivity contribution in [2.75, 3.05) is 32.8 Å². The number of nitrogens with zero attached hydrogens (tertiary/aromatic N) is 2. The highest BCUT2D eigenvalue weighted by Crippen LogP contribution is 2.26. The smallest absolute Gasteiger partial charge is 0.305 e. The Hall–Kier alpha value is -4.00. The highest BCUT2D eigenvalue weighted by atomic mass is 19.2. The van der Waals surface area contributed by atoms with Crippen molar-refractivity contribution in [2.24, 2.45) is 0 Å². The van der Waals surface area contributed by atoms with Crippen LogP contribution in [0.25, 0.3) is 0 Å². The molecule has 3 rings (SSSR count). The first-order valence-electron chi connectivity index (χ1n) is 11.5. The van der Waals surface area contributed by atoms with Crippen molar-refractivity contribution in [3.63, 3.8) is 0 Å². The van der Waals surface area contributed by atoms with Gasteiger partial charge in [0.2, 0.25) is 23.4 Å². The van der Waals surface area contributed by atoms with Gasteiger partial charge in [0.05, 0.1) is 19.5 Å². The van der Waals surface area contributed by atoms with Gasteiger partial charge in [-0.05, 0) is 12.5 Å². The Kier molecular flexibility index (Phi) is 9.40. The molecular formula is C25H25F4N3O6. The van der Waals surface area contributed by atoms with Crippen molar-refractivity contribution in [3.8, 4) is 5.75 Å². The fourth-order valence-corrected chi connectivity index (χ4v) is 3.88. The van der Waals surface area contributed by atoms with Crippen LogP contribution in [0.15, 0.2) is 30.3 Å². The fraction of sp³-hybridized carbons (Fsp3) is 0.360. The van der Waals surface area contributed by atoms with Crippen LogP contribution in [0.5, 0.6) is 5.75 Å². The number of hydrogen-bond donors (Lipinski definition) is 2. The highest BCUT2D eigenvalue weighted by molar-refractivity contribution is 5.94. The maximum atomic E-state index is 13.8. The first-order valence-corrected chi connectivity index (χ1v) is 11.5. The molecule has 0 aromatic heterocycles. The number of benzene rings is 2. The summed E-state index contributed by atoms with van der Waals surface area (Å²) in [6.45, 7) is 1.58. The number of ether oxygens (including phenoxy) is 1. The molecule has 1 aliphatic rings. The highest BCUT2D eigenvalue weighted by Gasteiger charge is 2.29. The molecule has 2 amide bonds. The van der Waals surface area contributed by atoms with Gasteiger partial charge in [-0.2, -0.15) is 8.78 Å². The topological polar surface area (TPSA) is 116 Å². The van der Waals surface area contributed by atoms with E-state index >= 15 is 0 Å². The molecule has 1 aliphatic heterocycles. The summed E-state index contributed by atoms with van der Waals surface area (Å²) in [7, 11) is 0. The molecule has 1 fully saturated rings. The molecule has 1 unspecified atom stereocenters. The van der Waals surface area contributed by atoms with Gasteiger partial charge in [-0.3, -0.25) is 24.1 Å². The van der Waals surface area contributed by atoms with E-state index in [1.165, 1.54) is 4.90 Å². The summed E-state index contributed by atoms with van der Waals surface area (Å²) >= 11 is 0. The largest absolute Gasteiger partial charge is 0.481 e. The molecule has 0 aliphatic carbocycles. The predicted molar refractivity (Wildman–Crippen MR) is 124 cm³/mol. The molecule has 1 saturated heterocycles. The second kappa shape index (κ2) is 12.5. The molecule has 1 atom stereocenters. The number of carboxylic acid groups (broad SMARTS) is 1. The standard InChI is InChI=1S/C25H25F4N3O6/c1-14-3-2-4-15(7-14)10-31-5-6-32(21(35)12-31)11-20(34)30-18(9-22(36)37)19(33)13-38-25-23(28)16(26)8-17(27)24(25)29/h2-4,7-8,18H,5-6,9-13H2,1H3,(H,30,34)(H,36,37). The SMILES string of the molecule is Cc1cccc(CN2CCN(CC(=O)NC(CC(=O)O)C(=O)COc3c(F)c(F)cc(F)c3F)C(=O)C2)c1. The van der Waals surface area contributed by atoms with Crippen molar-refractivity contribution in [3.05, 3.63) is 64.7 Å². The van der Waals surface area contributed by atoms with Gasteiger partial charge in [0.15, 0.2) is 23.2 Å². The third-order valence-corrected chi connectivity index (χ3v) is 5.75. The number of rotatable bonds is 11. The summed E-state index contributed by atoms with van der Waals surface area (Å²) < 4.78 is 58.8. The van der Waals surface area contributed by atoms with E-state index in [1.807, 2.05) is 36.1 Å². The van der Waals surface area contributed by atoms with Crippen molar-refractivity contribution in [1.82, 2.24) is 15.1 Å².